The molecule has 190 valence electrons. The number of nitrogens with zero attached hydrogens (tertiary/aromatic N) is 3. The standard InChI is InChI=1S/C28H33N3O5/c1-3-4-5-6-15-36-21-11-8-19(9-12-21)26(32)22-13-10-20(25(22)28(34)35)17-31-27(33)23-16-18(2)7-14-24(23)29-30-31/h7-9,11-12,14,16,20,22,25H,3-6,10,13,15,17H2,1-2H3,(H,34,35)/t20-,22-,25-/m0/s1. The van der Waals surface area contributed by atoms with Gasteiger partial charge in [-0.25, -0.2) is 4.68 Å². The van der Waals surface area contributed by atoms with E-state index < -0.39 is 23.7 Å². The minimum Gasteiger partial charge on any atom is -0.494 e. The Kier molecular flexibility index (Phi) is 8.13. The fourth-order valence-electron chi connectivity index (χ4n) is 5.13. The molecule has 0 saturated heterocycles. The molecule has 1 aliphatic carbocycles. The van der Waals surface area contributed by atoms with E-state index in [1.807, 2.05) is 13.0 Å². The number of rotatable bonds is 11. The lowest BCUT2D eigenvalue weighted by Gasteiger charge is -2.20. The highest BCUT2D eigenvalue weighted by Gasteiger charge is 2.45. The van der Waals surface area contributed by atoms with E-state index in [4.69, 9.17) is 4.74 Å². The third kappa shape index (κ3) is 5.64. The number of carbonyl (C=O) groups excluding carboxylic acids is 1. The third-order valence-electron chi connectivity index (χ3n) is 7.10. The molecular formula is C28H33N3O5. The lowest BCUT2D eigenvalue weighted by Crippen LogP contribution is -2.34. The Balaban J connectivity index is 1.45. The minimum atomic E-state index is -1.03. The second kappa shape index (κ2) is 11.5. The van der Waals surface area contributed by atoms with Crippen molar-refractivity contribution in [3.05, 3.63) is 63.9 Å². The van der Waals surface area contributed by atoms with Crippen molar-refractivity contribution in [3.63, 3.8) is 0 Å². The molecule has 1 aliphatic rings. The number of carboxylic acid groups (broad SMARTS) is 1. The van der Waals surface area contributed by atoms with Crippen molar-refractivity contribution in [2.24, 2.45) is 17.8 Å². The topological polar surface area (TPSA) is 111 Å². The largest absolute Gasteiger partial charge is 0.494 e. The number of aromatic nitrogens is 3. The van der Waals surface area contributed by atoms with Crippen LogP contribution < -0.4 is 10.3 Å². The second-order valence-electron chi connectivity index (χ2n) is 9.70. The molecule has 4 rings (SSSR count). The van der Waals surface area contributed by atoms with Crippen LogP contribution in [0.4, 0.5) is 0 Å². The highest BCUT2D eigenvalue weighted by Crippen LogP contribution is 2.40. The molecule has 36 heavy (non-hydrogen) atoms. The molecule has 1 saturated carbocycles. The number of ketones is 1. The number of carboxylic acids is 1. The summed E-state index contributed by atoms with van der Waals surface area (Å²) in [5, 5.41) is 18.6. The molecule has 0 radical (unpaired) electrons. The third-order valence-corrected chi connectivity index (χ3v) is 7.10. The summed E-state index contributed by atoms with van der Waals surface area (Å²) in [5.74, 6) is -2.45. The van der Waals surface area contributed by atoms with Gasteiger partial charge in [-0.2, -0.15) is 0 Å². The maximum atomic E-state index is 13.3. The van der Waals surface area contributed by atoms with Gasteiger partial charge in [-0.05, 0) is 68.5 Å². The number of fused-ring (bicyclic) bond motifs is 1. The van der Waals surface area contributed by atoms with Crippen molar-refractivity contribution < 1.29 is 19.4 Å². The van der Waals surface area contributed by atoms with Gasteiger partial charge < -0.3 is 9.84 Å². The number of carbonyl (C=O) groups is 2. The maximum absolute atomic E-state index is 13.3. The molecule has 1 fully saturated rings. The number of unbranched alkanes of at least 4 members (excludes halogenated alkanes) is 3. The first-order chi connectivity index (χ1) is 17.4. The van der Waals surface area contributed by atoms with E-state index in [2.05, 4.69) is 17.2 Å². The Morgan fingerprint density at radius 3 is 2.58 bits per heavy atom. The fourth-order valence-corrected chi connectivity index (χ4v) is 5.13. The molecule has 8 nitrogen and oxygen atoms in total. The number of ether oxygens (including phenoxy) is 1. The van der Waals surface area contributed by atoms with Crippen LogP contribution in [0.5, 0.6) is 5.75 Å². The fraction of sp³-hybridized carbons (Fsp3) is 0.464. The molecule has 1 aromatic heterocycles. The Morgan fingerprint density at radius 2 is 1.86 bits per heavy atom. The lowest BCUT2D eigenvalue weighted by atomic mass is 9.84. The molecule has 0 unspecified atom stereocenters. The number of hydrogen-bond acceptors (Lipinski definition) is 6. The Bertz CT molecular complexity index is 1280. The summed E-state index contributed by atoms with van der Waals surface area (Å²) < 4.78 is 6.99. The van der Waals surface area contributed by atoms with Crippen LogP contribution in [-0.2, 0) is 11.3 Å². The second-order valence-corrected chi connectivity index (χ2v) is 9.70. The minimum absolute atomic E-state index is 0.112. The van der Waals surface area contributed by atoms with E-state index in [0.29, 0.717) is 41.7 Å². The number of aryl methyl sites for hydroxylation is 1. The van der Waals surface area contributed by atoms with E-state index in [1.54, 1.807) is 36.4 Å². The van der Waals surface area contributed by atoms with E-state index >= 15 is 0 Å². The van der Waals surface area contributed by atoms with E-state index in [-0.39, 0.29) is 17.9 Å². The van der Waals surface area contributed by atoms with Crippen LogP contribution in [0.15, 0.2) is 47.3 Å². The molecule has 0 amide bonds. The maximum Gasteiger partial charge on any atom is 0.307 e. The van der Waals surface area contributed by atoms with Crippen LogP contribution in [0.1, 0.15) is 61.4 Å². The molecule has 0 spiro atoms. The molecule has 2 aromatic carbocycles. The first kappa shape index (κ1) is 25.5. The van der Waals surface area contributed by atoms with Crippen LogP contribution in [-0.4, -0.2) is 38.5 Å². The van der Waals surface area contributed by atoms with Crippen LogP contribution in [0.3, 0.4) is 0 Å². The van der Waals surface area contributed by atoms with Gasteiger partial charge in [0.05, 0.1) is 24.5 Å². The average molecular weight is 492 g/mol. The van der Waals surface area contributed by atoms with Crippen molar-refractivity contribution in [2.75, 3.05) is 6.61 Å². The highest BCUT2D eigenvalue weighted by molar-refractivity contribution is 6.00. The zero-order valence-electron chi connectivity index (χ0n) is 20.9. The van der Waals surface area contributed by atoms with Crippen LogP contribution in [0, 0.1) is 24.7 Å². The summed E-state index contributed by atoms with van der Waals surface area (Å²) in [5.41, 5.74) is 1.61. The SMILES string of the molecule is CCCCCCOc1ccc(C(=O)[C@H]2CC[C@@H](Cn3nnc4ccc(C)cc4c3=O)[C@@H]2C(=O)O)cc1. The number of aliphatic carboxylic acids is 1. The number of hydrogen-bond donors (Lipinski definition) is 1. The van der Waals surface area contributed by atoms with Gasteiger partial charge in [0.15, 0.2) is 5.78 Å². The van der Waals surface area contributed by atoms with E-state index in [9.17, 15) is 19.5 Å². The van der Waals surface area contributed by atoms with Gasteiger partial charge in [-0.3, -0.25) is 14.4 Å². The van der Waals surface area contributed by atoms with E-state index in [0.717, 1.165) is 18.4 Å². The van der Waals surface area contributed by atoms with Crippen LogP contribution in [0.25, 0.3) is 10.9 Å². The molecule has 1 heterocycles. The van der Waals surface area contributed by atoms with Crippen molar-refractivity contribution in [2.45, 2.75) is 58.9 Å². The molecule has 0 bridgehead atoms. The Morgan fingerprint density at radius 1 is 1.08 bits per heavy atom. The summed E-state index contributed by atoms with van der Waals surface area (Å²) in [6, 6.07) is 12.3. The number of Topliss-reactive ketones (excluding diaryl/α,β-unsaturated/α-hetero) is 1. The predicted octanol–water partition coefficient (Wildman–Crippen LogP) is 4.67. The van der Waals surface area contributed by atoms with Gasteiger partial charge in [0, 0.05) is 11.5 Å². The molecule has 3 aromatic rings. The zero-order chi connectivity index (χ0) is 25.7. The summed E-state index contributed by atoms with van der Waals surface area (Å²) >= 11 is 0. The van der Waals surface area contributed by atoms with Crippen LogP contribution >= 0.6 is 0 Å². The van der Waals surface area contributed by atoms with Gasteiger partial charge >= 0.3 is 5.97 Å². The van der Waals surface area contributed by atoms with E-state index in [1.165, 1.54) is 17.5 Å². The molecule has 0 aliphatic heterocycles. The Labute approximate surface area is 210 Å². The first-order valence-electron chi connectivity index (χ1n) is 12.7. The molecular weight excluding hydrogens is 458 g/mol. The zero-order valence-corrected chi connectivity index (χ0v) is 20.9. The highest BCUT2D eigenvalue weighted by atomic mass is 16.5. The van der Waals surface area contributed by atoms with Crippen molar-refractivity contribution >= 4 is 22.7 Å². The smallest absolute Gasteiger partial charge is 0.307 e. The van der Waals surface area contributed by atoms with Gasteiger partial charge in [0.2, 0.25) is 0 Å². The molecule has 8 heteroatoms. The summed E-state index contributed by atoms with van der Waals surface area (Å²) in [6.45, 7) is 4.80. The number of benzene rings is 2. The van der Waals surface area contributed by atoms with Gasteiger partial charge in [-0.15, -0.1) is 5.10 Å². The van der Waals surface area contributed by atoms with Crippen molar-refractivity contribution in [1.82, 2.24) is 15.0 Å². The lowest BCUT2D eigenvalue weighted by molar-refractivity contribution is -0.144. The average Bonchev–Trinajstić information content (AvgIpc) is 3.30. The Hall–Kier alpha value is -3.55. The first-order valence-corrected chi connectivity index (χ1v) is 12.7. The van der Waals surface area contributed by atoms with Gasteiger partial charge in [-0.1, -0.05) is 43.0 Å². The van der Waals surface area contributed by atoms with Gasteiger partial charge in [0.25, 0.3) is 5.56 Å². The predicted molar refractivity (Wildman–Crippen MR) is 136 cm³/mol. The molecule has 1 N–H and O–H groups in total. The summed E-state index contributed by atoms with van der Waals surface area (Å²) in [6.07, 6.45) is 5.44. The van der Waals surface area contributed by atoms with Crippen molar-refractivity contribution in [1.29, 1.82) is 0 Å². The van der Waals surface area contributed by atoms with Crippen molar-refractivity contribution in [3.8, 4) is 5.75 Å². The monoisotopic (exact) mass is 491 g/mol. The van der Waals surface area contributed by atoms with Gasteiger partial charge in [0.1, 0.15) is 11.3 Å². The van der Waals surface area contributed by atoms with Crippen LogP contribution in [0.2, 0.25) is 0 Å². The summed E-state index contributed by atoms with van der Waals surface area (Å²) in [4.78, 5) is 38.5. The normalized spacial score (nSPS) is 19.4. The molecule has 3 atom stereocenters. The quantitative estimate of drug-likeness (QED) is 0.306. The summed E-state index contributed by atoms with van der Waals surface area (Å²) in [7, 11) is 0.